The van der Waals surface area contributed by atoms with Crippen LogP contribution in [0.15, 0.2) is 36.2 Å². The van der Waals surface area contributed by atoms with Crippen molar-refractivity contribution in [3.8, 4) is 0 Å². The van der Waals surface area contributed by atoms with Gasteiger partial charge in [-0.15, -0.1) is 11.3 Å². The fraction of sp³-hybridized carbons (Fsp3) is 0.308. The molecule has 92 valence electrons. The molecule has 1 aromatic heterocycles. The minimum atomic E-state index is -0.294. The van der Waals surface area contributed by atoms with Crippen molar-refractivity contribution in [1.29, 1.82) is 0 Å². The minimum absolute atomic E-state index is 0.294. The third-order valence-corrected chi connectivity index (χ3v) is 3.01. The molecule has 1 rings (SSSR count). The second-order valence-electron chi connectivity index (χ2n) is 3.75. The number of aryl methyl sites for hydroxylation is 1. The number of anilines is 1. The lowest BCUT2D eigenvalue weighted by atomic mass is 10.3. The van der Waals surface area contributed by atoms with E-state index in [2.05, 4.69) is 11.6 Å². The lowest BCUT2D eigenvalue weighted by molar-refractivity contribution is 0.665. The maximum Gasteiger partial charge on any atom is 0.123 e. The molecule has 17 heavy (non-hydrogen) atoms. The summed E-state index contributed by atoms with van der Waals surface area (Å²) >= 11 is 1.46. The molecule has 0 atom stereocenters. The number of allylic oxidation sites excluding steroid dienone is 5. The van der Waals surface area contributed by atoms with Gasteiger partial charge in [0.25, 0.3) is 0 Å². The fourth-order valence-electron chi connectivity index (χ4n) is 1.31. The molecular weight excluding hydrogens is 235 g/mol. The molecule has 0 saturated carbocycles. The van der Waals surface area contributed by atoms with Gasteiger partial charge in [0.05, 0.1) is 10.7 Å². The molecule has 2 nitrogen and oxygen atoms in total. The van der Waals surface area contributed by atoms with Gasteiger partial charge in [-0.1, -0.05) is 25.2 Å². The Labute approximate surface area is 105 Å². The molecule has 0 spiro atoms. The Morgan fingerprint density at radius 2 is 2.29 bits per heavy atom. The first-order valence-electron chi connectivity index (χ1n) is 5.46. The lowest BCUT2D eigenvalue weighted by Crippen LogP contribution is -1.88. The van der Waals surface area contributed by atoms with Crippen LogP contribution in [0.25, 0.3) is 0 Å². The van der Waals surface area contributed by atoms with Gasteiger partial charge in [0.15, 0.2) is 0 Å². The predicted octanol–water partition coefficient (Wildman–Crippen LogP) is 3.82. The number of hydrogen-bond acceptors (Lipinski definition) is 3. The summed E-state index contributed by atoms with van der Waals surface area (Å²) < 4.78 is 13.2. The molecule has 2 N–H and O–H groups in total. The van der Waals surface area contributed by atoms with E-state index >= 15 is 0 Å². The van der Waals surface area contributed by atoms with Gasteiger partial charge >= 0.3 is 0 Å². The number of halogens is 1. The molecular formula is C13H17FN2S. The first kappa shape index (κ1) is 13.6. The number of nitrogen functional groups attached to an aromatic ring is 1. The Bertz CT molecular complexity index is 458. The highest BCUT2D eigenvalue weighted by Gasteiger charge is 2.04. The van der Waals surface area contributed by atoms with Crippen LogP contribution < -0.4 is 5.73 Å². The van der Waals surface area contributed by atoms with E-state index < -0.39 is 0 Å². The number of nitrogens with two attached hydrogens (primary N) is 1. The molecule has 0 fully saturated rings. The zero-order chi connectivity index (χ0) is 12.8. The van der Waals surface area contributed by atoms with E-state index in [0.717, 1.165) is 22.1 Å². The first-order chi connectivity index (χ1) is 8.02. The zero-order valence-electron chi connectivity index (χ0n) is 10.2. The summed E-state index contributed by atoms with van der Waals surface area (Å²) in [7, 11) is 0. The molecule has 0 aliphatic carbocycles. The fourth-order valence-corrected chi connectivity index (χ4v) is 2.21. The number of hydrogen-bond donors (Lipinski definition) is 1. The third kappa shape index (κ3) is 4.53. The van der Waals surface area contributed by atoms with Crippen LogP contribution in [0, 0.1) is 0 Å². The Hall–Kier alpha value is -1.42. The van der Waals surface area contributed by atoms with Gasteiger partial charge in [0, 0.05) is 6.42 Å². The summed E-state index contributed by atoms with van der Waals surface area (Å²) in [6, 6.07) is 0. The van der Waals surface area contributed by atoms with Gasteiger partial charge < -0.3 is 5.73 Å². The highest BCUT2D eigenvalue weighted by atomic mass is 32.1. The Morgan fingerprint density at radius 1 is 1.59 bits per heavy atom. The third-order valence-electron chi connectivity index (χ3n) is 2.06. The van der Waals surface area contributed by atoms with E-state index in [4.69, 9.17) is 5.73 Å². The van der Waals surface area contributed by atoms with Gasteiger partial charge in [-0.2, -0.15) is 0 Å². The maximum atomic E-state index is 13.2. The Kier molecular flexibility index (Phi) is 5.10. The first-order valence-corrected chi connectivity index (χ1v) is 6.27. The van der Waals surface area contributed by atoms with Crippen LogP contribution in [0.2, 0.25) is 0 Å². The van der Waals surface area contributed by atoms with Crippen LogP contribution in [0.1, 0.15) is 24.5 Å². The molecule has 4 heteroatoms. The van der Waals surface area contributed by atoms with Crippen LogP contribution in [0.3, 0.4) is 0 Å². The highest BCUT2D eigenvalue weighted by Crippen LogP contribution is 2.22. The maximum absolute atomic E-state index is 13.2. The topological polar surface area (TPSA) is 38.9 Å². The van der Waals surface area contributed by atoms with Crippen LogP contribution in [-0.2, 0) is 12.8 Å². The van der Waals surface area contributed by atoms with E-state index in [0.29, 0.717) is 12.0 Å². The average Bonchev–Trinajstić information content (AvgIpc) is 2.57. The largest absolute Gasteiger partial charge is 0.389 e. The molecule has 1 aromatic rings. The van der Waals surface area contributed by atoms with Crippen molar-refractivity contribution in [3.05, 3.63) is 46.9 Å². The summed E-state index contributed by atoms with van der Waals surface area (Å²) in [5.74, 6) is -0.294. The van der Waals surface area contributed by atoms with Gasteiger partial charge in [-0.3, -0.25) is 0 Å². The molecule has 1 heterocycles. The molecule has 0 aliphatic heterocycles. The average molecular weight is 252 g/mol. The second kappa shape index (κ2) is 6.35. The predicted molar refractivity (Wildman–Crippen MR) is 72.8 cm³/mol. The molecule has 0 aromatic carbocycles. The van der Waals surface area contributed by atoms with Crippen molar-refractivity contribution >= 4 is 16.3 Å². The summed E-state index contributed by atoms with van der Waals surface area (Å²) in [4.78, 5) is 4.37. The Morgan fingerprint density at radius 3 is 2.82 bits per heavy atom. The standard InChI is InChI=1S/C13H17FN2S/c1-4-11-13(15)17-12(16-11)7-5-6-10(14)8-9(2)3/h5-6,8H,2,4,7,15H2,1,3H3/b6-5-,10-8+. The summed E-state index contributed by atoms with van der Waals surface area (Å²) in [5.41, 5.74) is 7.40. The normalized spacial score (nSPS) is 12.3. The van der Waals surface area contributed by atoms with E-state index in [1.54, 1.807) is 13.0 Å². The molecule has 0 bridgehead atoms. The van der Waals surface area contributed by atoms with E-state index in [1.165, 1.54) is 23.5 Å². The van der Waals surface area contributed by atoms with Gasteiger partial charge in [-0.05, 0) is 25.5 Å². The van der Waals surface area contributed by atoms with E-state index in [1.807, 2.05) is 6.92 Å². The zero-order valence-corrected chi connectivity index (χ0v) is 11.0. The number of rotatable bonds is 5. The van der Waals surface area contributed by atoms with Gasteiger partial charge in [0.2, 0.25) is 0 Å². The van der Waals surface area contributed by atoms with E-state index in [-0.39, 0.29) is 5.83 Å². The Balaban J connectivity index is 2.61. The quantitative estimate of drug-likeness (QED) is 0.809. The van der Waals surface area contributed by atoms with Crippen molar-refractivity contribution in [2.75, 3.05) is 5.73 Å². The van der Waals surface area contributed by atoms with Crippen molar-refractivity contribution in [2.24, 2.45) is 0 Å². The summed E-state index contributed by atoms with van der Waals surface area (Å²) in [5, 5.41) is 1.67. The minimum Gasteiger partial charge on any atom is -0.389 e. The number of nitrogens with zero attached hydrogens (tertiary/aromatic N) is 1. The number of thiazole rings is 1. The monoisotopic (exact) mass is 252 g/mol. The number of aromatic nitrogens is 1. The summed E-state index contributed by atoms with van der Waals surface area (Å²) in [6.07, 6.45) is 6.00. The smallest absolute Gasteiger partial charge is 0.123 e. The molecule has 0 aliphatic rings. The van der Waals surface area contributed by atoms with Crippen molar-refractivity contribution < 1.29 is 4.39 Å². The van der Waals surface area contributed by atoms with Gasteiger partial charge in [-0.25, -0.2) is 9.37 Å². The van der Waals surface area contributed by atoms with Gasteiger partial charge in [0.1, 0.15) is 10.8 Å². The second-order valence-corrected chi connectivity index (χ2v) is 4.87. The lowest BCUT2D eigenvalue weighted by Gasteiger charge is -1.89. The summed E-state index contributed by atoms with van der Waals surface area (Å²) in [6.45, 7) is 7.38. The molecule has 0 amide bonds. The van der Waals surface area contributed by atoms with Crippen molar-refractivity contribution in [1.82, 2.24) is 4.98 Å². The highest BCUT2D eigenvalue weighted by molar-refractivity contribution is 7.15. The van der Waals surface area contributed by atoms with Crippen molar-refractivity contribution in [3.63, 3.8) is 0 Å². The molecule has 0 radical (unpaired) electrons. The van der Waals surface area contributed by atoms with Crippen LogP contribution in [0.5, 0.6) is 0 Å². The van der Waals surface area contributed by atoms with E-state index in [9.17, 15) is 4.39 Å². The SMILES string of the molecule is C=C(C)/C=C(F)\C=C/Cc1nc(CC)c(N)s1. The van der Waals surface area contributed by atoms with Crippen LogP contribution >= 0.6 is 11.3 Å². The van der Waals surface area contributed by atoms with Crippen LogP contribution in [0.4, 0.5) is 9.39 Å². The molecule has 0 saturated heterocycles. The van der Waals surface area contributed by atoms with Crippen LogP contribution in [-0.4, -0.2) is 4.98 Å². The molecule has 0 unspecified atom stereocenters. The van der Waals surface area contributed by atoms with Crippen molar-refractivity contribution in [2.45, 2.75) is 26.7 Å².